The van der Waals surface area contributed by atoms with Crippen LogP contribution in [-0.2, 0) is 6.42 Å². The average molecular weight is 142 g/mol. The lowest BCUT2D eigenvalue weighted by atomic mass is 10.3. The van der Waals surface area contributed by atoms with Gasteiger partial charge in [-0.15, -0.1) is 11.3 Å². The molecular weight excluding hydrogens is 134 g/mol. The first-order valence-corrected chi connectivity index (χ1v) is 3.57. The lowest BCUT2D eigenvalue weighted by Crippen LogP contribution is -2.02. The third-order valence-electron chi connectivity index (χ3n) is 0.952. The van der Waals surface area contributed by atoms with Crippen LogP contribution in [0.15, 0.2) is 5.38 Å². The van der Waals surface area contributed by atoms with Gasteiger partial charge >= 0.3 is 0 Å². The highest BCUT2D eigenvalue weighted by Gasteiger charge is 1.95. The fourth-order valence-electron chi connectivity index (χ4n) is 0.570. The number of nitrogens with zero attached hydrogens (tertiary/aromatic N) is 1. The summed E-state index contributed by atoms with van der Waals surface area (Å²) < 4.78 is 0. The summed E-state index contributed by atoms with van der Waals surface area (Å²) in [4.78, 5) is 3.91. The zero-order chi connectivity index (χ0) is 6.69. The maximum absolute atomic E-state index is 7.06. The Morgan fingerprint density at radius 2 is 2.56 bits per heavy atom. The first kappa shape index (κ1) is 6.51. The second-order valence-corrected chi connectivity index (χ2v) is 2.54. The van der Waals surface area contributed by atoms with Crippen LogP contribution in [0.2, 0.25) is 0 Å². The zero-order valence-electron chi connectivity index (χ0n) is 4.92. The van der Waals surface area contributed by atoms with Crippen molar-refractivity contribution in [3.05, 3.63) is 11.1 Å². The van der Waals surface area contributed by atoms with Gasteiger partial charge in [-0.25, -0.2) is 4.98 Å². The molecule has 0 aliphatic heterocycles. The highest BCUT2D eigenvalue weighted by molar-refractivity contribution is 7.13. The van der Waals surface area contributed by atoms with Gasteiger partial charge in [-0.1, -0.05) is 0 Å². The lowest BCUT2D eigenvalue weighted by molar-refractivity contribution is 0.934. The third-order valence-corrected chi connectivity index (χ3v) is 1.66. The molecule has 1 heterocycles. The highest BCUT2D eigenvalue weighted by Crippen LogP contribution is 2.11. The van der Waals surface area contributed by atoms with Gasteiger partial charge in [-0.3, -0.25) is 5.73 Å². The first-order valence-electron chi connectivity index (χ1n) is 2.69. The number of thiazole rings is 1. The van der Waals surface area contributed by atoms with Crippen molar-refractivity contribution in [2.24, 2.45) is 5.73 Å². The molecule has 3 nitrogen and oxygen atoms in total. The van der Waals surface area contributed by atoms with E-state index in [2.05, 4.69) is 4.98 Å². The van der Waals surface area contributed by atoms with Crippen LogP contribution in [0.25, 0.3) is 0 Å². The summed E-state index contributed by atoms with van der Waals surface area (Å²) in [5.74, 6) is 0. The number of hydrogen-bond donors (Lipinski definition) is 1. The summed E-state index contributed by atoms with van der Waals surface area (Å²) in [7, 11) is 0. The average Bonchev–Trinajstić information content (AvgIpc) is 2.17. The third kappa shape index (κ3) is 1.65. The topological polar surface area (TPSA) is 62.7 Å². The maximum atomic E-state index is 7.06. The van der Waals surface area contributed by atoms with Crippen LogP contribution in [0.1, 0.15) is 5.69 Å². The van der Waals surface area contributed by atoms with Crippen LogP contribution in [-0.4, -0.2) is 11.5 Å². The van der Waals surface area contributed by atoms with Crippen LogP contribution >= 0.6 is 11.3 Å². The van der Waals surface area contributed by atoms with Crippen molar-refractivity contribution in [3.63, 3.8) is 0 Å². The summed E-state index contributed by atoms with van der Waals surface area (Å²) in [6, 6.07) is 0. The van der Waals surface area contributed by atoms with Gasteiger partial charge in [0.1, 0.15) is 0 Å². The molecule has 0 aromatic carbocycles. The number of aromatic nitrogens is 1. The van der Waals surface area contributed by atoms with Gasteiger partial charge in [0.25, 0.3) is 0 Å². The summed E-state index contributed by atoms with van der Waals surface area (Å²) in [6.45, 7) is 0.614. The van der Waals surface area contributed by atoms with Crippen LogP contribution in [0.5, 0.6) is 0 Å². The summed E-state index contributed by atoms with van der Waals surface area (Å²) in [6.07, 6.45) is 0.787. The number of hydrogen-bond acceptors (Lipinski definition) is 3. The van der Waals surface area contributed by atoms with Crippen LogP contribution < -0.4 is 11.5 Å². The van der Waals surface area contributed by atoms with Crippen LogP contribution in [0.4, 0.5) is 5.13 Å². The molecule has 0 saturated carbocycles. The first-order chi connectivity index (χ1) is 4.33. The van der Waals surface area contributed by atoms with Crippen molar-refractivity contribution < 1.29 is 0 Å². The quantitative estimate of drug-likeness (QED) is 0.655. The van der Waals surface area contributed by atoms with E-state index in [0.717, 1.165) is 12.1 Å². The van der Waals surface area contributed by atoms with Crippen molar-refractivity contribution in [1.82, 2.24) is 10.7 Å². The molecule has 1 rings (SSSR count). The van der Waals surface area contributed by atoms with Gasteiger partial charge in [0.2, 0.25) is 5.13 Å². The van der Waals surface area contributed by atoms with Gasteiger partial charge in [0.15, 0.2) is 0 Å². The monoisotopic (exact) mass is 142 g/mol. The maximum Gasteiger partial charge on any atom is 0.201 e. The van der Waals surface area contributed by atoms with E-state index >= 15 is 0 Å². The second-order valence-electron chi connectivity index (χ2n) is 1.68. The summed E-state index contributed by atoms with van der Waals surface area (Å²) >= 11 is 1.34. The molecule has 0 fully saturated rings. The molecule has 0 unspecified atom stereocenters. The molecule has 1 aromatic heterocycles. The predicted octanol–water partition coefficient (Wildman–Crippen LogP) is 0.559. The zero-order valence-corrected chi connectivity index (χ0v) is 5.74. The highest BCUT2D eigenvalue weighted by atomic mass is 32.1. The molecule has 0 bridgehead atoms. The molecule has 0 aliphatic rings. The van der Waals surface area contributed by atoms with Crippen molar-refractivity contribution in [2.75, 3.05) is 6.54 Å². The Kier molecular flexibility index (Phi) is 2.02. The van der Waals surface area contributed by atoms with Crippen molar-refractivity contribution in [1.29, 1.82) is 0 Å². The van der Waals surface area contributed by atoms with Crippen molar-refractivity contribution >= 4 is 16.5 Å². The van der Waals surface area contributed by atoms with E-state index in [0.29, 0.717) is 11.7 Å². The lowest BCUT2D eigenvalue weighted by Gasteiger charge is -1.85. The SMILES string of the molecule is [NH]c1nc(CCN)cs1. The number of rotatable bonds is 2. The molecular formula is C5H8N3S. The number of nitrogens with one attached hydrogen (secondary N) is 1. The Balaban J connectivity index is 2.61. The second kappa shape index (κ2) is 2.80. The Morgan fingerprint density at radius 1 is 1.78 bits per heavy atom. The van der Waals surface area contributed by atoms with Crippen molar-refractivity contribution in [3.8, 4) is 0 Å². The normalized spacial score (nSPS) is 9.89. The molecule has 0 spiro atoms. The van der Waals surface area contributed by atoms with Crippen LogP contribution in [0.3, 0.4) is 0 Å². The Labute approximate surface area is 57.7 Å². The fraction of sp³-hybridized carbons (Fsp3) is 0.400. The Morgan fingerprint density at radius 3 is 3.00 bits per heavy atom. The van der Waals surface area contributed by atoms with Crippen LogP contribution in [0, 0.1) is 0 Å². The van der Waals surface area contributed by atoms with E-state index in [9.17, 15) is 0 Å². The molecule has 3 N–H and O–H groups in total. The molecule has 1 radical (unpaired) electrons. The van der Waals surface area contributed by atoms with E-state index in [4.69, 9.17) is 11.5 Å². The molecule has 9 heavy (non-hydrogen) atoms. The van der Waals surface area contributed by atoms with E-state index in [1.807, 2.05) is 5.38 Å². The molecule has 0 amide bonds. The number of nitrogens with two attached hydrogens (primary N) is 1. The predicted molar refractivity (Wildman–Crippen MR) is 37.6 cm³/mol. The minimum absolute atomic E-state index is 0.374. The summed E-state index contributed by atoms with van der Waals surface area (Å²) in [5, 5.41) is 2.24. The fourth-order valence-corrected chi connectivity index (χ4v) is 1.16. The molecule has 1 aromatic rings. The van der Waals surface area contributed by atoms with Gasteiger partial charge in [0.05, 0.1) is 5.69 Å². The van der Waals surface area contributed by atoms with Gasteiger partial charge in [0, 0.05) is 11.8 Å². The van der Waals surface area contributed by atoms with E-state index in [-0.39, 0.29) is 0 Å². The standard InChI is InChI=1S/C5H8N3S/c6-2-1-4-3-9-5(7)8-4/h3,7H,1-2,6H2. The van der Waals surface area contributed by atoms with Gasteiger partial charge in [-0.05, 0) is 6.54 Å². The Bertz CT molecular complexity index is 184. The van der Waals surface area contributed by atoms with E-state index in [1.54, 1.807) is 0 Å². The van der Waals surface area contributed by atoms with Gasteiger partial charge in [-0.2, -0.15) is 0 Å². The molecule has 0 aliphatic carbocycles. The molecule has 4 heteroatoms. The summed E-state index contributed by atoms with van der Waals surface area (Å²) in [5.41, 5.74) is 13.3. The minimum Gasteiger partial charge on any atom is -0.330 e. The molecule has 0 atom stereocenters. The smallest absolute Gasteiger partial charge is 0.201 e. The van der Waals surface area contributed by atoms with Crippen molar-refractivity contribution in [2.45, 2.75) is 6.42 Å². The largest absolute Gasteiger partial charge is 0.330 e. The Hall–Kier alpha value is -0.610. The van der Waals surface area contributed by atoms with E-state index < -0.39 is 0 Å². The molecule has 0 saturated heterocycles. The van der Waals surface area contributed by atoms with E-state index in [1.165, 1.54) is 11.3 Å². The molecule has 49 valence electrons. The minimum atomic E-state index is 0.374. The van der Waals surface area contributed by atoms with Gasteiger partial charge < -0.3 is 5.73 Å².